The van der Waals surface area contributed by atoms with Crippen LogP contribution in [0, 0.1) is 0 Å². The Kier molecular flexibility index (Phi) is 6.68. The van der Waals surface area contributed by atoms with E-state index < -0.39 is 0 Å². The lowest BCUT2D eigenvalue weighted by atomic mass is 10.2. The number of rotatable bonds is 7. The number of benzene rings is 2. The van der Waals surface area contributed by atoms with Gasteiger partial charge >= 0.3 is 0 Å². The molecule has 6 rings (SSSR count). The Morgan fingerprint density at radius 3 is 2.62 bits per heavy atom. The van der Waals surface area contributed by atoms with E-state index in [-0.39, 0.29) is 5.91 Å². The van der Waals surface area contributed by atoms with Gasteiger partial charge < -0.3 is 20.0 Å². The van der Waals surface area contributed by atoms with Crippen molar-refractivity contribution in [3.63, 3.8) is 0 Å². The summed E-state index contributed by atoms with van der Waals surface area (Å²) in [5.74, 6) is 0.489. The van der Waals surface area contributed by atoms with Crippen molar-refractivity contribution in [2.24, 2.45) is 0 Å². The van der Waals surface area contributed by atoms with Crippen LogP contribution in [0.4, 0.5) is 17.2 Å². The molecule has 1 saturated heterocycles. The number of fused-ring (bicyclic) bond motifs is 1. The van der Waals surface area contributed by atoms with E-state index in [4.69, 9.17) is 4.98 Å². The first-order valence-electron chi connectivity index (χ1n) is 13.0. The van der Waals surface area contributed by atoms with Crippen LogP contribution in [0.25, 0.3) is 16.9 Å². The van der Waals surface area contributed by atoms with Crippen molar-refractivity contribution in [2.75, 3.05) is 55.4 Å². The van der Waals surface area contributed by atoms with Crippen LogP contribution in [-0.4, -0.2) is 75.9 Å². The number of nitrogens with zero attached hydrogens (tertiary/aromatic N) is 7. The van der Waals surface area contributed by atoms with E-state index in [1.54, 1.807) is 23.0 Å². The summed E-state index contributed by atoms with van der Waals surface area (Å²) in [4.78, 5) is 24.9. The predicted molar refractivity (Wildman–Crippen MR) is 153 cm³/mol. The molecule has 2 N–H and O–H groups in total. The van der Waals surface area contributed by atoms with Crippen molar-refractivity contribution >= 4 is 28.7 Å². The average Bonchev–Trinajstić information content (AvgIpc) is 3.64. The highest BCUT2D eigenvalue weighted by molar-refractivity contribution is 6.03. The molecule has 0 radical (unpaired) electrons. The number of hydrogen-bond donors (Lipinski definition) is 2. The van der Waals surface area contributed by atoms with Gasteiger partial charge in [-0.25, -0.2) is 9.50 Å². The third kappa shape index (κ3) is 5.32. The van der Waals surface area contributed by atoms with Crippen molar-refractivity contribution < 1.29 is 4.79 Å². The van der Waals surface area contributed by atoms with Crippen molar-refractivity contribution in [3.05, 3.63) is 90.4 Å². The summed E-state index contributed by atoms with van der Waals surface area (Å²) in [6.45, 7) is 4.66. The maximum atomic E-state index is 13.3. The molecule has 10 heteroatoms. The topological polar surface area (TPSA) is 97.7 Å². The number of likely N-dealkylation sites (N-methyl/N-ethyl adjacent to an activating group) is 1. The maximum absolute atomic E-state index is 13.3. The SMILES string of the molecule is CN1CCN(c2cccc(NC(=O)c3cc4nc(N(C)Cc5ccccc5)cc(-c5cn[nH]c5)n4n3)c2)CC1. The van der Waals surface area contributed by atoms with Gasteiger partial charge in [0.2, 0.25) is 0 Å². The summed E-state index contributed by atoms with van der Waals surface area (Å²) in [5, 5.41) is 14.6. The molecule has 3 aromatic heterocycles. The Morgan fingerprint density at radius 1 is 1.03 bits per heavy atom. The second kappa shape index (κ2) is 10.6. The molecule has 0 atom stereocenters. The number of carbonyl (C=O) groups is 1. The predicted octanol–water partition coefficient (Wildman–Crippen LogP) is 3.76. The number of amides is 1. The Labute approximate surface area is 226 Å². The highest BCUT2D eigenvalue weighted by Gasteiger charge is 2.19. The number of carbonyl (C=O) groups excluding carboxylic acids is 1. The minimum Gasteiger partial charge on any atom is -0.369 e. The van der Waals surface area contributed by atoms with Crippen LogP contribution in [-0.2, 0) is 6.54 Å². The zero-order chi connectivity index (χ0) is 26.8. The molecule has 1 aliphatic rings. The van der Waals surface area contributed by atoms with E-state index in [1.165, 1.54) is 5.56 Å². The summed E-state index contributed by atoms with van der Waals surface area (Å²) in [5.41, 5.74) is 5.54. The van der Waals surface area contributed by atoms with E-state index in [2.05, 4.69) is 60.6 Å². The molecular formula is C29H31N9O. The van der Waals surface area contributed by atoms with Gasteiger partial charge in [0.15, 0.2) is 11.3 Å². The fourth-order valence-corrected chi connectivity index (χ4v) is 4.84. The molecule has 39 heavy (non-hydrogen) atoms. The van der Waals surface area contributed by atoms with Crippen LogP contribution in [0.15, 0.2) is 79.1 Å². The number of anilines is 3. The second-order valence-corrected chi connectivity index (χ2v) is 9.92. The normalized spacial score (nSPS) is 14.1. The van der Waals surface area contributed by atoms with Gasteiger partial charge in [0.25, 0.3) is 5.91 Å². The molecule has 2 aromatic carbocycles. The van der Waals surface area contributed by atoms with Gasteiger partial charge in [-0.15, -0.1) is 0 Å². The van der Waals surface area contributed by atoms with Crippen LogP contribution in [0.3, 0.4) is 0 Å². The van der Waals surface area contributed by atoms with Crippen molar-refractivity contribution in [3.8, 4) is 11.3 Å². The van der Waals surface area contributed by atoms with E-state index in [0.717, 1.165) is 54.6 Å². The smallest absolute Gasteiger partial charge is 0.276 e. The molecule has 0 unspecified atom stereocenters. The highest BCUT2D eigenvalue weighted by atomic mass is 16.2. The van der Waals surface area contributed by atoms with Crippen molar-refractivity contribution in [1.29, 1.82) is 0 Å². The van der Waals surface area contributed by atoms with Gasteiger partial charge in [-0.05, 0) is 30.8 Å². The molecule has 1 aliphatic heterocycles. The fraction of sp³-hybridized carbons (Fsp3) is 0.241. The van der Waals surface area contributed by atoms with Gasteiger partial charge in [0.1, 0.15) is 5.82 Å². The molecular weight excluding hydrogens is 490 g/mol. The first-order chi connectivity index (χ1) is 19.0. The average molecular weight is 522 g/mol. The van der Waals surface area contributed by atoms with Gasteiger partial charge in [-0.2, -0.15) is 10.2 Å². The third-order valence-corrected chi connectivity index (χ3v) is 7.07. The Morgan fingerprint density at radius 2 is 1.85 bits per heavy atom. The standard InChI is InChI=1S/C29H31N9O/c1-35-11-13-37(14-12-35)24-10-6-9-23(15-24)32-29(39)25-16-28-33-27(36(2)20-21-7-4-3-5-8-21)17-26(38(28)34-25)22-18-30-31-19-22/h3-10,15-19H,11-14,20H2,1-2H3,(H,30,31)(H,32,39). The molecule has 0 aliphatic carbocycles. The van der Waals surface area contributed by atoms with Gasteiger partial charge in [-0.1, -0.05) is 36.4 Å². The van der Waals surface area contributed by atoms with Gasteiger partial charge in [0.05, 0.1) is 11.9 Å². The Bertz CT molecular complexity index is 1570. The molecule has 0 saturated carbocycles. The Hall–Kier alpha value is -4.70. The quantitative estimate of drug-likeness (QED) is 0.337. The molecule has 10 nitrogen and oxygen atoms in total. The monoisotopic (exact) mass is 521 g/mol. The molecule has 0 bridgehead atoms. The van der Waals surface area contributed by atoms with Crippen molar-refractivity contribution in [2.45, 2.75) is 6.54 Å². The molecule has 198 valence electrons. The summed E-state index contributed by atoms with van der Waals surface area (Å²) in [6.07, 6.45) is 3.54. The number of piperazine rings is 1. The number of H-pyrrole nitrogens is 1. The number of hydrogen-bond acceptors (Lipinski definition) is 7. The Balaban J connectivity index is 1.28. The number of aromatic amines is 1. The van der Waals surface area contributed by atoms with Crippen LogP contribution in [0.5, 0.6) is 0 Å². The number of aromatic nitrogens is 5. The number of nitrogens with one attached hydrogen (secondary N) is 2. The van der Waals surface area contributed by atoms with Gasteiger partial charge in [-0.3, -0.25) is 9.89 Å². The lowest BCUT2D eigenvalue weighted by molar-refractivity contribution is 0.102. The first kappa shape index (κ1) is 24.6. The van der Waals surface area contributed by atoms with Crippen molar-refractivity contribution in [1.82, 2.24) is 29.7 Å². The molecule has 0 spiro atoms. The second-order valence-electron chi connectivity index (χ2n) is 9.92. The maximum Gasteiger partial charge on any atom is 0.276 e. The van der Waals surface area contributed by atoms with Crippen LogP contribution < -0.4 is 15.1 Å². The van der Waals surface area contributed by atoms with Gasteiger partial charge in [0, 0.05) is 75.0 Å². The molecule has 1 fully saturated rings. The minimum atomic E-state index is -0.284. The third-order valence-electron chi connectivity index (χ3n) is 7.07. The van der Waals surface area contributed by atoms with Crippen LogP contribution in [0.2, 0.25) is 0 Å². The zero-order valence-corrected chi connectivity index (χ0v) is 22.1. The van der Waals surface area contributed by atoms with E-state index in [0.29, 0.717) is 17.9 Å². The summed E-state index contributed by atoms with van der Waals surface area (Å²) in [6, 6.07) is 21.9. The van der Waals surface area contributed by atoms with E-state index in [1.807, 2.05) is 49.5 Å². The van der Waals surface area contributed by atoms with E-state index in [9.17, 15) is 4.79 Å². The molecule has 4 heterocycles. The largest absolute Gasteiger partial charge is 0.369 e. The lowest BCUT2D eigenvalue weighted by Crippen LogP contribution is -2.44. The molecule has 1 amide bonds. The minimum absolute atomic E-state index is 0.284. The zero-order valence-electron chi connectivity index (χ0n) is 22.1. The summed E-state index contributed by atoms with van der Waals surface area (Å²) >= 11 is 0. The lowest BCUT2D eigenvalue weighted by Gasteiger charge is -2.34. The van der Waals surface area contributed by atoms with Crippen LogP contribution in [0.1, 0.15) is 16.1 Å². The first-order valence-corrected chi connectivity index (χ1v) is 13.0. The summed E-state index contributed by atoms with van der Waals surface area (Å²) in [7, 11) is 4.14. The summed E-state index contributed by atoms with van der Waals surface area (Å²) < 4.78 is 1.69. The highest BCUT2D eigenvalue weighted by Crippen LogP contribution is 2.26. The molecule has 5 aromatic rings. The van der Waals surface area contributed by atoms with Crippen LogP contribution >= 0.6 is 0 Å². The fourth-order valence-electron chi connectivity index (χ4n) is 4.84. The van der Waals surface area contributed by atoms with E-state index >= 15 is 0 Å².